The number of halogens is 1. The van der Waals surface area contributed by atoms with Crippen LogP contribution in [0.4, 0.5) is 5.69 Å². The molecule has 0 aliphatic heterocycles. The Morgan fingerprint density at radius 1 is 1.61 bits per heavy atom. The number of carbonyl (C=O) groups excluding carboxylic acids is 1. The van der Waals surface area contributed by atoms with E-state index in [9.17, 15) is 4.79 Å². The van der Waals surface area contributed by atoms with Gasteiger partial charge in [0, 0.05) is 11.2 Å². The van der Waals surface area contributed by atoms with Crippen molar-refractivity contribution < 1.29 is 9.53 Å². The largest absolute Gasteiger partial charge is 0.462 e. The predicted octanol–water partition coefficient (Wildman–Crippen LogP) is 2.23. The third kappa shape index (κ3) is 4.36. The molecule has 0 aliphatic carbocycles. The summed E-state index contributed by atoms with van der Waals surface area (Å²) in [5, 5.41) is 9.34. The third-order valence-corrected chi connectivity index (χ3v) is 2.11. The highest BCUT2D eigenvalue weighted by Gasteiger charge is 2.08. The Kier molecular flexibility index (Phi) is 5.55. The lowest BCUT2D eigenvalue weighted by Crippen LogP contribution is -2.17. The number of rotatable bonds is 5. The average molecular weight is 266 g/mol. The molecule has 0 unspecified atom stereocenters. The van der Waals surface area contributed by atoms with E-state index in [4.69, 9.17) is 21.6 Å². The van der Waals surface area contributed by atoms with Gasteiger partial charge in [0.05, 0.1) is 12.3 Å². The molecule has 0 aliphatic rings. The van der Waals surface area contributed by atoms with Gasteiger partial charge in [-0.15, -0.1) is 0 Å². The lowest BCUT2D eigenvalue weighted by atomic mass is 10.3. The molecule has 2 N–H and O–H groups in total. The van der Waals surface area contributed by atoms with Crippen LogP contribution in [0.25, 0.3) is 0 Å². The van der Waals surface area contributed by atoms with Crippen molar-refractivity contribution in [2.24, 2.45) is 0 Å². The molecular formula is C12H12ClN3O2. The van der Waals surface area contributed by atoms with E-state index in [-0.39, 0.29) is 12.2 Å². The molecule has 1 aromatic rings. The molecule has 6 heteroatoms. The van der Waals surface area contributed by atoms with Crippen LogP contribution in [0.2, 0.25) is 5.02 Å². The van der Waals surface area contributed by atoms with Gasteiger partial charge in [0.15, 0.2) is 5.57 Å². The molecule has 18 heavy (non-hydrogen) atoms. The first-order valence-corrected chi connectivity index (χ1v) is 5.59. The molecule has 0 bridgehead atoms. The van der Waals surface area contributed by atoms with Crippen molar-refractivity contribution in [3.8, 4) is 6.07 Å². The maximum atomic E-state index is 11.3. The Hall–Kier alpha value is -2.19. The van der Waals surface area contributed by atoms with Gasteiger partial charge < -0.3 is 15.6 Å². The van der Waals surface area contributed by atoms with E-state index >= 15 is 0 Å². The zero-order valence-corrected chi connectivity index (χ0v) is 10.5. The second-order valence-electron chi connectivity index (χ2n) is 3.17. The second-order valence-corrected chi connectivity index (χ2v) is 3.61. The van der Waals surface area contributed by atoms with Crippen LogP contribution in [0, 0.1) is 11.3 Å². The van der Waals surface area contributed by atoms with Crippen molar-refractivity contribution in [3.05, 3.63) is 41.1 Å². The normalized spacial score (nSPS) is 10.4. The van der Waals surface area contributed by atoms with Crippen LogP contribution in [0.15, 0.2) is 36.0 Å². The Labute approximate surface area is 110 Å². The quantitative estimate of drug-likeness (QED) is 0.370. The highest BCUT2D eigenvalue weighted by molar-refractivity contribution is 6.30. The highest BCUT2D eigenvalue weighted by Crippen LogP contribution is 2.13. The first-order valence-electron chi connectivity index (χ1n) is 5.22. The summed E-state index contributed by atoms with van der Waals surface area (Å²) in [7, 11) is 0. The van der Waals surface area contributed by atoms with E-state index in [0.717, 1.165) is 0 Å². The number of hydrogen-bond donors (Lipinski definition) is 2. The molecule has 0 saturated carbocycles. The number of anilines is 1. The van der Waals surface area contributed by atoms with Gasteiger partial charge in [-0.3, -0.25) is 0 Å². The van der Waals surface area contributed by atoms with E-state index in [0.29, 0.717) is 10.7 Å². The third-order valence-electron chi connectivity index (χ3n) is 1.87. The minimum Gasteiger partial charge on any atom is -0.462 e. The van der Waals surface area contributed by atoms with Gasteiger partial charge in [-0.25, -0.2) is 4.79 Å². The number of nitriles is 1. The molecule has 0 radical (unpaired) electrons. The van der Waals surface area contributed by atoms with Crippen LogP contribution in [0.3, 0.4) is 0 Å². The number of carbonyl (C=O) groups is 1. The molecule has 0 fully saturated rings. The summed E-state index contributed by atoms with van der Waals surface area (Å²) in [6.07, 6.45) is 1.24. The number of nitrogens with zero attached hydrogens (tertiary/aromatic N) is 1. The molecule has 1 rings (SSSR count). The molecule has 0 aromatic heterocycles. The van der Waals surface area contributed by atoms with E-state index < -0.39 is 5.97 Å². The van der Waals surface area contributed by atoms with Gasteiger partial charge in [0.25, 0.3) is 0 Å². The zero-order chi connectivity index (χ0) is 13.4. The van der Waals surface area contributed by atoms with Crippen LogP contribution < -0.4 is 10.9 Å². The predicted molar refractivity (Wildman–Crippen MR) is 68.5 cm³/mol. The summed E-state index contributed by atoms with van der Waals surface area (Å²) in [5.74, 6) is -0.666. The fourth-order valence-electron chi connectivity index (χ4n) is 1.10. The van der Waals surface area contributed by atoms with E-state index in [2.05, 4.69) is 10.9 Å². The first-order chi connectivity index (χ1) is 8.67. The molecule has 0 saturated heterocycles. The Morgan fingerprint density at radius 3 is 3.00 bits per heavy atom. The number of ether oxygens (including phenoxy) is 1. The molecule has 0 spiro atoms. The van der Waals surface area contributed by atoms with Gasteiger partial charge in [0.1, 0.15) is 6.07 Å². The van der Waals surface area contributed by atoms with Crippen molar-refractivity contribution in [2.45, 2.75) is 6.92 Å². The van der Waals surface area contributed by atoms with Gasteiger partial charge in [-0.05, 0) is 25.1 Å². The Balaban J connectivity index is 2.58. The maximum absolute atomic E-state index is 11.3. The monoisotopic (exact) mass is 265 g/mol. The van der Waals surface area contributed by atoms with E-state index in [1.807, 2.05) is 0 Å². The van der Waals surface area contributed by atoms with Crippen molar-refractivity contribution in [3.63, 3.8) is 0 Å². The van der Waals surface area contributed by atoms with Crippen LogP contribution in [0.5, 0.6) is 0 Å². The average Bonchev–Trinajstić information content (AvgIpc) is 2.35. The summed E-state index contributed by atoms with van der Waals surface area (Å²) < 4.78 is 4.70. The second kappa shape index (κ2) is 7.20. The summed E-state index contributed by atoms with van der Waals surface area (Å²) >= 11 is 5.80. The minimum absolute atomic E-state index is 0.119. The summed E-state index contributed by atoms with van der Waals surface area (Å²) in [6, 6.07) is 8.72. The van der Waals surface area contributed by atoms with Crippen molar-refractivity contribution in [2.75, 3.05) is 12.0 Å². The molecule has 1 aromatic carbocycles. The smallest absolute Gasteiger partial charge is 0.350 e. The highest BCUT2D eigenvalue weighted by atomic mass is 35.5. The van der Waals surface area contributed by atoms with Gasteiger partial charge in [-0.1, -0.05) is 17.7 Å². The van der Waals surface area contributed by atoms with Crippen LogP contribution in [-0.2, 0) is 9.53 Å². The minimum atomic E-state index is -0.666. The van der Waals surface area contributed by atoms with Gasteiger partial charge >= 0.3 is 5.97 Å². The van der Waals surface area contributed by atoms with Crippen molar-refractivity contribution in [1.82, 2.24) is 5.43 Å². The van der Waals surface area contributed by atoms with Crippen molar-refractivity contribution in [1.29, 1.82) is 5.26 Å². The summed E-state index contributed by atoms with van der Waals surface area (Å²) in [4.78, 5) is 11.3. The first kappa shape index (κ1) is 13.9. The molecular weight excluding hydrogens is 254 g/mol. The van der Waals surface area contributed by atoms with Gasteiger partial charge in [-0.2, -0.15) is 5.26 Å². The fourth-order valence-corrected chi connectivity index (χ4v) is 1.29. The van der Waals surface area contributed by atoms with Crippen LogP contribution >= 0.6 is 11.6 Å². The SMILES string of the molecule is CCOC(=O)/C(C#N)=C/NNc1cccc(Cl)c1. The molecule has 0 atom stereocenters. The van der Waals surface area contributed by atoms with Gasteiger partial charge in [0.2, 0.25) is 0 Å². The molecule has 94 valence electrons. The van der Waals surface area contributed by atoms with Crippen LogP contribution in [-0.4, -0.2) is 12.6 Å². The lowest BCUT2D eigenvalue weighted by molar-refractivity contribution is -0.138. The fraction of sp³-hybridized carbons (Fsp3) is 0.167. The summed E-state index contributed by atoms with van der Waals surface area (Å²) in [6.45, 7) is 1.89. The maximum Gasteiger partial charge on any atom is 0.350 e. The molecule has 0 amide bonds. The topological polar surface area (TPSA) is 74.2 Å². The Morgan fingerprint density at radius 2 is 2.39 bits per heavy atom. The van der Waals surface area contributed by atoms with E-state index in [1.165, 1.54) is 6.20 Å². The molecule has 0 heterocycles. The van der Waals surface area contributed by atoms with Crippen molar-refractivity contribution >= 4 is 23.3 Å². The number of benzene rings is 1. The molecule has 5 nitrogen and oxygen atoms in total. The number of esters is 1. The number of nitrogens with one attached hydrogen (secondary N) is 2. The number of hydrazine groups is 1. The lowest BCUT2D eigenvalue weighted by Gasteiger charge is -2.06. The summed E-state index contributed by atoms with van der Waals surface area (Å²) in [5.41, 5.74) is 5.99. The number of hydrogen-bond acceptors (Lipinski definition) is 5. The zero-order valence-electron chi connectivity index (χ0n) is 9.74. The van der Waals surface area contributed by atoms with E-state index in [1.54, 1.807) is 37.3 Å². The standard InChI is InChI=1S/C12H12ClN3O2/c1-2-18-12(17)9(7-14)8-15-16-11-5-3-4-10(13)6-11/h3-6,8,15-16H,2H2,1H3/b9-8+. The Bertz CT molecular complexity index is 494. The van der Waals surface area contributed by atoms with Crippen LogP contribution in [0.1, 0.15) is 6.92 Å².